The van der Waals surface area contributed by atoms with Crippen molar-refractivity contribution in [3.05, 3.63) is 65.2 Å². The Labute approximate surface area is 158 Å². The molecule has 3 rings (SSSR count). The molecule has 26 heavy (non-hydrogen) atoms. The van der Waals surface area contributed by atoms with Gasteiger partial charge < -0.3 is 10.6 Å². The Morgan fingerprint density at radius 1 is 1.08 bits per heavy atom. The predicted molar refractivity (Wildman–Crippen MR) is 107 cm³/mol. The highest BCUT2D eigenvalue weighted by Gasteiger charge is 2.29. The number of nitrogens with one attached hydrogen (secondary N) is 2. The Kier molecular flexibility index (Phi) is 6.34. The van der Waals surface area contributed by atoms with Crippen LogP contribution < -0.4 is 10.6 Å². The number of hydrogen-bond acceptors (Lipinski definition) is 3. The van der Waals surface area contributed by atoms with Crippen LogP contribution in [0, 0.1) is 12.8 Å². The standard InChI is InChI=1S/C21H24N2O2S/c1-15-5-7-16(8-6-15)13-26-14-20(24)22-12-17-3-2-4-19(11-17)23-21(25)18-9-10-18/h2-8,11,18H,9-10,12-14H2,1H3,(H,22,24)(H,23,25). The maximum absolute atomic E-state index is 12.0. The Morgan fingerprint density at radius 3 is 2.58 bits per heavy atom. The van der Waals surface area contributed by atoms with E-state index < -0.39 is 0 Å². The molecule has 0 heterocycles. The SMILES string of the molecule is Cc1ccc(CSCC(=O)NCc2cccc(NC(=O)C3CC3)c2)cc1. The van der Waals surface area contributed by atoms with Gasteiger partial charge in [0, 0.05) is 23.9 Å². The van der Waals surface area contributed by atoms with Crippen molar-refractivity contribution < 1.29 is 9.59 Å². The second kappa shape index (κ2) is 8.90. The quantitative estimate of drug-likeness (QED) is 0.743. The summed E-state index contributed by atoms with van der Waals surface area (Å²) in [6.07, 6.45) is 1.98. The van der Waals surface area contributed by atoms with Crippen LogP contribution in [-0.2, 0) is 21.9 Å². The Bertz CT molecular complexity index is 770. The van der Waals surface area contributed by atoms with Crippen molar-refractivity contribution >= 4 is 29.3 Å². The number of hydrogen-bond donors (Lipinski definition) is 2. The predicted octanol–water partition coefficient (Wildman–Crippen LogP) is 3.89. The zero-order valence-corrected chi connectivity index (χ0v) is 15.8. The molecule has 1 aliphatic carbocycles. The molecule has 2 amide bonds. The first-order valence-electron chi connectivity index (χ1n) is 8.90. The number of carbonyl (C=O) groups is 2. The minimum Gasteiger partial charge on any atom is -0.351 e. The lowest BCUT2D eigenvalue weighted by Gasteiger charge is -2.09. The molecule has 2 aromatic rings. The van der Waals surface area contributed by atoms with E-state index in [0.717, 1.165) is 29.8 Å². The third-order valence-corrected chi connectivity index (χ3v) is 5.26. The molecule has 1 saturated carbocycles. The first-order valence-corrected chi connectivity index (χ1v) is 10.1. The molecule has 1 aliphatic rings. The van der Waals surface area contributed by atoms with Crippen molar-refractivity contribution in [2.24, 2.45) is 5.92 Å². The molecular formula is C21H24N2O2S. The summed E-state index contributed by atoms with van der Waals surface area (Å²) in [6.45, 7) is 2.54. The van der Waals surface area contributed by atoms with Crippen molar-refractivity contribution in [3.63, 3.8) is 0 Å². The number of benzene rings is 2. The lowest BCUT2D eigenvalue weighted by atomic mass is 10.2. The van der Waals surface area contributed by atoms with Crippen LogP contribution >= 0.6 is 11.8 Å². The number of thioether (sulfide) groups is 1. The summed E-state index contributed by atoms with van der Waals surface area (Å²) in [5, 5.41) is 5.87. The Balaban J connectivity index is 1.39. The molecule has 1 fully saturated rings. The second-order valence-corrected chi connectivity index (χ2v) is 7.70. The van der Waals surface area contributed by atoms with Gasteiger partial charge in [0.05, 0.1) is 5.75 Å². The highest BCUT2D eigenvalue weighted by molar-refractivity contribution is 7.99. The van der Waals surface area contributed by atoms with E-state index in [1.54, 1.807) is 11.8 Å². The van der Waals surface area contributed by atoms with Crippen molar-refractivity contribution in [1.82, 2.24) is 5.32 Å². The molecule has 0 spiro atoms. The van der Waals surface area contributed by atoms with Gasteiger partial charge in [0.1, 0.15) is 0 Å². The topological polar surface area (TPSA) is 58.2 Å². The number of anilines is 1. The third-order valence-electron chi connectivity index (χ3n) is 4.25. The van der Waals surface area contributed by atoms with Gasteiger partial charge in [-0.3, -0.25) is 9.59 Å². The normalized spacial score (nSPS) is 13.3. The summed E-state index contributed by atoms with van der Waals surface area (Å²) in [4.78, 5) is 23.8. The summed E-state index contributed by atoms with van der Waals surface area (Å²) in [6, 6.07) is 16.0. The summed E-state index contributed by atoms with van der Waals surface area (Å²) < 4.78 is 0. The fraction of sp³-hybridized carbons (Fsp3) is 0.333. The van der Waals surface area contributed by atoms with E-state index in [4.69, 9.17) is 0 Å². The van der Waals surface area contributed by atoms with Gasteiger partial charge in [-0.15, -0.1) is 11.8 Å². The summed E-state index contributed by atoms with van der Waals surface area (Å²) in [5.74, 6) is 1.57. The van der Waals surface area contributed by atoms with Crippen LogP contribution in [0.2, 0.25) is 0 Å². The van der Waals surface area contributed by atoms with Gasteiger partial charge in [0.15, 0.2) is 0 Å². The molecule has 0 radical (unpaired) electrons. The van der Waals surface area contributed by atoms with E-state index in [-0.39, 0.29) is 17.7 Å². The zero-order valence-electron chi connectivity index (χ0n) is 15.0. The molecule has 2 N–H and O–H groups in total. The van der Waals surface area contributed by atoms with E-state index in [0.29, 0.717) is 12.3 Å². The highest BCUT2D eigenvalue weighted by Crippen LogP contribution is 2.30. The van der Waals surface area contributed by atoms with Crippen molar-refractivity contribution in [2.75, 3.05) is 11.1 Å². The van der Waals surface area contributed by atoms with Crippen molar-refractivity contribution in [1.29, 1.82) is 0 Å². The van der Waals surface area contributed by atoms with Crippen LogP contribution in [0.1, 0.15) is 29.5 Å². The number of aryl methyl sites for hydroxylation is 1. The van der Waals surface area contributed by atoms with Gasteiger partial charge >= 0.3 is 0 Å². The fourth-order valence-corrected chi connectivity index (χ4v) is 3.36. The van der Waals surface area contributed by atoms with E-state index in [1.807, 2.05) is 24.3 Å². The lowest BCUT2D eigenvalue weighted by Crippen LogP contribution is -2.24. The Morgan fingerprint density at radius 2 is 1.85 bits per heavy atom. The number of rotatable bonds is 8. The zero-order chi connectivity index (χ0) is 18.4. The largest absolute Gasteiger partial charge is 0.351 e. The minimum atomic E-state index is 0.0227. The van der Waals surface area contributed by atoms with Gasteiger partial charge in [-0.1, -0.05) is 42.0 Å². The molecule has 0 aromatic heterocycles. The maximum Gasteiger partial charge on any atom is 0.230 e. The first-order chi connectivity index (χ1) is 12.6. The van der Waals surface area contributed by atoms with Crippen LogP contribution in [0.4, 0.5) is 5.69 Å². The molecule has 0 saturated heterocycles. The highest BCUT2D eigenvalue weighted by atomic mass is 32.2. The van der Waals surface area contributed by atoms with Crippen LogP contribution in [-0.4, -0.2) is 17.6 Å². The van der Waals surface area contributed by atoms with Crippen LogP contribution in [0.15, 0.2) is 48.5 Å². The number of amides is 2. The lowest BCUT2D eigenvalue weighted by molar-refractivity contribution is -0.119. The average Bonchev–Trinajstić information content (AvgIpc) is 3.47. The number of carbonyl (C=O) groups excluding carboxylic acids is 2. The molecule has 0 unspecified atom stereocenters. The van der Waals surface area contributed by atoms with Gasteiger partial charge in [-0.2, -0.15) is 0 Å². The summed E-state index contributed by atoms with van der Waals surface area (Å²) >= 11 is 1.61. The van der Waals surface area contributed by atoms with Crippen molar-refractivity contribution in [3.8, 4) is 0 Å². The minimum absolute atomic E-state index is 0.0227. The molecule has 0 bridgehead atoms. The molecule has 0 atom stereocenters. The fourth-order valence-electron chi connectivity index (χ4n) is 2.55. The second-order valence-electron chi connectivity index (χ2n) is 6.72. The molecule has 2 aromatic carbocycles. The summed E-state index contributed by atoms with van der Waals surface area (Å²) in [7, 11) is 0. The van der Waals surface area contributed by atoms with E-state index in [1.165, 1.54) is 11.1 Å². The van der Waals surface area contributed by atoms with Crippen LogP contribution in [0.25, 0.3) is 0 Å². The van der Waals surface area contributed by atoms with E-state index >= 15 is 0 Å². The van der Waals surface area contributed by atoms with Gasteiger partial charge in [-0.25, -0.2) is 0 Å². The summed E-state index contributed by atoms with van der Waals surface area (Å²) in [5.41, 5.74) is 4.25. The molecule has 0 aliphatic heterocycles. The van der Waals surface area contributed by atoms with Crippen LogP contribution in [0.5, 0.6) is 0 Å². The van der Waals surface area contributed by atoms with Gasteiger partial charge in [-0.05, 0) is 43.0 Å². The smallest absolute Gasteiger partial charge is 0.230 e. The first kappa shape index (κ1) is 18.5. The van der Waals surface area contributed by atoms with E-state index in [9.17, 15) is 9.59 Å². The Hall–Kier alpha value is -2.27. The van der Waals surface area contributed by atoms with Crippen molar-refractivity contribution in [2.45, 2.75) is 32.1 Å². The molecule has 5 heteroatoms. The van der Waals surface area contributed by atoms with Gasteiger partial charge in [0.25, 0.3) is 0 Å². The van der Waals surface area contributed by atoms with Gasteiger partial charge in [0.2, 0.25) is 11.8 Å². The monoisotopic (exact) mass is 368 g/mol. The average molecular weight is 369 g/mol. The van der Waals surface area contributed by atoms with Crippen LogP contribution in [0.3, 0.4) is 0 Å². The molecular weight excluding hydrogens is 344 g/mol. The third kappa shape index (κ3) is 5.92. The molecule has 4 nitrogen and oxygen atoms in total. The maximum atomic E-state index is 12.0. The molecule has 136 valence electrons. The van der Waals surface area contributed by atoms with E-state index in [2.05, 4.69) is 41.8 Å².